The molecule has 2 rings (SSSR count). The lowest BCUT2D eigenvalue weighted by atomic mass is 9.86. The molecule has 1 atom stereocenters. The standard InChI is InChI=1S/C21H32N2O2S/c1-21(2,3)16-11-9-15(10-12-16)19(24)23-18(13-14-26-4)20(25)22-17-7-5-6-8-17/h9-12,17-18H,5-8,13-14H2,1-4H3,(H,22,25)(H,23,24). The van der Waals surface area contributed by atoms with Gasteiger partial charge in [0.2, 0.25) is 5.91 Å². The molecule has 4 nitrogen and oxygen atoms in total. The van der Waals surface area contributed by atoms with Crippen LogP contribution in [0.3, 0.4) is 0 Å². The SMILES string of the molecule is CSCCC(NC(=O)c1ccc(C(C)(C)C)cc1)C(=O)NC1CCCC1. The minimum absolute atomic E-state index is 0.0504. The predicted octanol–water partition coefficient (Wildman–Crippen LogP) is 3.89. The Morgan fingerprint density at radius 2 is 1.77 bits per heavy atom. The van der Waals surface area contributed by atoms with Gasteiger partial charge in [-0.25, -0.2) is 0 Å². The second kappa shape index (κ2) is 9.45. The Morgan fingerprint density at radius 1 is 1.15 bits per heavy atom. The average Bonchev–Trinajstić information content (AvgIpc) is 3.10. The first kappa shape index (κ1) is 20.8. The number of benzene rings is 1. The number of rotatable bonds is 7. The largest absolute Gasteiger partial charge is 0.352 e. The van der Waals surface area contributed by atoms with Crippen LogP contribution in [0.5, 0.6) is 0 Å². The van der Waals surface area contributed by atoms with Gasteiger partial charge in [-0.15, -0.1) is 0 Å². The van der Waals surface area contributed by atoms with Crippen LogP contribution in [0.4, 0.5) is 0 Å². The van der Waals surface area contributed by atoms with Crippen LogP contribution in [0.2, 0.25) is 0 Å². The first-order valence-electron chi connectivity index (χ1n) is 9.52. The molecule has 0 aromatic heterocycles. The molecule has 0 heterocycles. The van der Waals surface area contributed by atoms with Crippen LogP contribution >= 0.6 is 11.8 Å². The summed E-state index contributed by atoms with van der Waals surface area (Å²) in [6, 6.07) is 7.46. The molecule has 1 aromatic rings. The monoisotopic (exact) mass is 376 g/mol. The van der Waals surface area contributed by atoms with Crippen LogP contribution < -0.4 is 10.6 Å². The third-order valence-electron chi connectivity index (χ3n) is 4.95. The van der Waals surface area contributed by atoms with Crippen molar-refractivity contribution in [2.75, 3.05) is 12.0 Å². The molecule has 26 heavy (non-hydrogen) atoms. The van der Waals surface area contributed by atoms with Gasteiger partial charge in [0.15, 0.2) is 0 Å². The molecule has 0 spiro atoms. The highest BCUT2D eigenvalue weighted by Gasteiger charge is 2.25. The molecule has 1 aromatic carbocycles. The topological polar surface area (TPSA) is 58.2 Å². The van der Waals surface area contributed by atoms with Gasteiger partial charge in [-0.2, -0.15) is 11.8 Å². The van der Waals surface area contributed by atoms with Gasteiger partial charge >= 0.3 is 0 Å². The zero-order valence-electron chi connectivity index (χ0n) is 16.4. The van der Waals surface area contributed by atoms with E-state index in [1.165, 1.54) is 18.4 Å². The van der Waals surface area contributed by atoms with Gasteiger partial charge in [0.1, 0.15) is 6.04 Å². The van der Waals surface area contributed by atoms with Crippen molar-refractivity contribution in [1.29, 1.82) is 0 Å². The van der Waals surface area contributed by atoms with Crippen LogP contribution in [-0.4, -0.2) is 35.9 Å². The normalized spacial score (nSPS) is 16.3. The number of thioether (sulfide) groups is 1. The van der Waals surface area contributed by atoms with E-state index in [1.54, 1.807) is 11.8 Å². The first-order valence-corrected chi connectivity index (χ1v) is 10.9. The number of hydrogen-bond acceptors (Lipinski definition) is 3. The van der Waals surface area contributed by atoms with Crippen molar-refractivity contribution < 1.29 is 9.59 Å². The number of hydrogen-bond donors (Lipinski definition) is 2. The predicted molar refractivity (Wildman–Crippen MR) is 110 cm³/mol. The molecule has 2 N–H and O–H groups in total. The number of nitrogens with one attached hydrogen (secondary N) is 2. The zero-order chi connectivity index (χ0) is 19.2. The summed E-state index contributed by atoms with van der Waals surface area (Å²) >= 11 is 1.69. The molecule has 144 valence electrons. The molecule has 0 radical (unpaired) electrons. The summed E-state index contributed by atoms with van der Waals surface area (Å²) in [5.74, 6) is 0.607. The lowest BCUT2D eigenvalue weighted by molar-refractivity contribution is -0.123. The van der Waals surface area contributed by atoms with Crippen LogP contribution in [0, 0.1) is 0 Å². The van der Waals surface area contributed by atoms with Crippen LogP contribution in [-0.2, 0) is 10.2 Å². The molecule has 1 saturated carbocycles. The molecule has 0 bridgehead atoms. The van der Waals surface area contributed by atoms with Crippen molar-refractivity contribution in [3.05, 3.63) is 35.4 Å². The highest BCUT2D eigenvalue weighted by atomic mass is 32.2. The zero-order valence-corrected chi connectivity index (χ0v) is 17.2. The van der Waals surface area contributed by atoms with Crippen molar-refractivity contribution in [3.63, 3.8) is 0 Å². The van der Waals surface area contributed by atoms with Crippen molar-refractivity contribution in [2.45, 2.75) is 70.4 Å². The molecule has 1 aliphatic carbocycles. The molecular weight excluding hydrogens is 344 g/mol. The summed E-state index contributed by atoms with van der Waals surface area (Å²) in [5.41, 5.74) is 1.84. The van der Waals surface area contributed by atoms with Gasteiger partial charge in [-0.1, -0.05) is 45.7 Å². The summed E-state index contributed by atoms with van der Waals surface area (Å²) in [5, 5.41) is 6.05. The lowest BCUT2D eigenvalue weighted by Gasteiger charge is -2.22. The Hall–Kier alpha value is -1.49. The van der Waals surface area contributed by atoms with Crippen LogP contribution in [0.25, 0.3) is 0 Å². The second-order valence-electron chi connectivity index (χ2n) is 8.12. The molecule has 2 amide bonds. The second-order valence-corrected chi connectivity index (χ2v) is 9.11. The highest BCUT2D eigenvalue weighted by molar-refractivity contribution is 7.98. The summed E-state index contributed by atoms with van der Waals surface area (Å²) in [6.45, 7) is 6.44. The maximum Gasteiger partial charge on any atom is 0.251 e. The fourth-order valence-electron chi connectivity index (χ4n) is 3.24. The average molecular weight is 377 g/mol. The minimum Gasteiger partial charge on any atom is -0.352 e. The Morgan fingerprint density at radius 3 is 2.31 bits per heavy atom. The molecule has 5 heteroatoms. The van der Waals surface area contributed by atoms with Crippen molar-refractivity contribution in [1.82, 2.24) is 10.6 Å². The van der Waals surface area contributed by atoms with Crippen molar-refractivity contribution >= 4 is 23.6 Å². The van der Waals surface area contributed by atoms with Crippen LogP contribution in [0.1, 0.15) is 68.8 Å². The van der Waals surface area contributed by atoms with Crippen LogP contribution in [0.15, 0.2) is 24.3 Å². The van der Waals surface area contributed by atoms with Gasteiger partial charge in [0.25, 0.3) is 5.91 Å². The Labute approximate surface area is 161 Å². The quantitative estimate of drug-likeness (QED) is 0.759. The third-order valence-corrected chi connectivity index (χ3v) is 5.59. The van der Waals surface area contributed by atoms with E-state index in [0.717, 1.165) is 18.6 Å². The molecule has 0 aliphatic heterocycles. The maximum absolute atomic E-state index is 12.6. The van der Waals surface area contributed by atoms with E-state index in [9.17, 15) is 9.59 Å². The van der Waals surface area contributed by atoms with Gasteiger partial charge in [0.05, 0.1) is 0 Å². The molecule has 1 unspecified atom stereocenters. The molecule has 1 aliphatic rings. The maximum atomic E-state index is 12.6. The van der Waals surface area contributed by atoms with E-state index >= 15 is 0 Å². The van der Waals surface area contributed by atoms with E-state index in [2.05, 4.69) is 31.4 Å². The number of amides is 2. The van der Waals surface area contributed by atoms with Crippen molar-refractivity contribution in [3.8, 4) is 0 Å². The van der Waals surface area contributed by atoms with E-state index < -0.39 is 6.04 Å². The summed E-state index contributed by atoms with van der Waals surface area (Å²) < 4.78 is 0. The summed E-state index contributed by atoms with van der Waals surface area (Å²) in [7, 11) is 0. The smallest absolute Gasteiger partial charge is 0.251 e. The van der Waals surface area contributed by atoms with E-state index in [-0.39, 0.29) is 23.3 Å². The Balaban J connectivity index is 2.01. The van der Waals surface area contributed by atoms with Crippen molar-refractivity contribution in [2.24, 2.45) is 0 Å². The van der Waals surface area contributed by atoms with Gasteiger partial charge in [0, 0.05) is 11.6 Å². The lowest BCUT2D eigenvalue weighted by Crippen LogP contribution is -2.49. The first-order chi connectivity index (χ1) is 12.3. The Bertz CT molecular complexity index is 601. The van der Waals surface area contributed by atoms with Gasteiger partial charge in [-0.05, 0) is 54.4 Å². The highest BCUT2D eigenvalue weighted by Crippen LogP contribution is 2.22. The fraction of sp³-hybridized carbons (Fsp3) is 0.619. The van der Waals surface area contributed by atoms with E-state index in [0.29, 0.717) is 12.0 Å². The fourth-order valence-corrected chi connectivity index (χ4v) is 3.71. The third kappa shape index (κ3) is 6.04. The van der Waals surface area contributed by atoms with Gasteiger partial charge in [-0.3, -0.25) is 9.59 Å². The molecule has 1 fully saturated rings. The minimum atomic E-state index is -0.474. The summed E-state index contributed by atoms with van der Waals surface area (Å²) in [4.78, 5) is 25.2. The Kier molecular flexibility index (Phi) is 7.56. The van der Waals surface area contributed by atoms with E-state index in [1.807, 2.05) is 30.5 Å². The molecule has 0 saturated heterocycles. The van der Waals surface area contributed by atoms with Gasteiger partial charge < -0.3 is 10.6 Å². The summed E-state index contributed by atoms with van der Waals surface area (Å²) in [6.07, 6.45) is 7.09. The molecular formula is C21H32N2O2S. The number of carbonyl (C=O) groups is 2. The van der Waals surface area contributed by atoms with E-state index in [4.69, 9.17) is 0 Å². The number of carbonyl (C=O) groups excluding carboxylic acids is 2.